The van der Waals surface area contributed by atoms with Crippen LogP contribution in [0.5, 0.6) is 11.5 Å². The number of carbonyl (C=O) groups excluding carboxylic acids is 1. The fourth-order valence-electron chi connectivity index (χ4n) is 3.06. The maximum absolute atomic E-state index is 15.2. The van der Waals surface area contributed by atoms with Gasteiger partial charge in [-0.15, -0.1) is 4.98 Å². The van der Waals surface area contributed by atoms with Crippen molar-refractivity contribution in [2.24, 2.45) is 0 Å². The van der Waals surface area contributed by atoms with Gasteiger partial charge in [-0.05, 0) is 32.4 Å². The number of carbonyl (C=O) groups is 1. The lowest BCUT2D eigenvalue weighted by molar-refractivity contribution is 0.00663. The van der Waals surface area contributed by atoms with Crippen molar-refractivity contribution in [1.82, 2.24) is 4.98 Å². The van der Waals surface area contributed by atoms with Crippen molar-refractivity contribution >= 4 is 11.8 Å². The Morgan fingerprint density at radius 3 is 2.44 bits per heavy atom. The second-order valence-electron chi connectivity index (χ2n) is 7.91. The highest BCUT2D eigenvalue weighted by Crippen LogP contribution is 2.41. The van der Waals surface area contributed by atoms with Crippen molar-refractivity contribution < 1.29 is 23.4 Å². The summed E-state index contributed by atoms with van der Waals surface area (Å²) in [7, 11) is 1.34. The molecule has 0 saturated heterocycles. The molecule has 0 N–H and O–H groups in total. The molecule has 0 radical (unpaired) electrons. The first-order chi connectivity index (χ1) is 15.2. The van der Waals surface area contributed by atoms with Gasteiger partial charge in [0, 0.05) is 11.1 Å². The first kappa shape index (κ1) is 22.8. The van der Waals surface area contributed by atoms with E-state index in [1.165, 1.54) is 25.4 Å². The Morgan fingerprint density at radius 2 is 1.81 bits per heavy atom. The Morgan fingerprint density at radius 1 is 1.09 bits per heavy atom. The van der Waals surface area contributed by atoms with Gasteiger partial charge in [0.15, 0.2) is 23.5 Å². The van der Waals surface area contributed by atoms with Crippen molar-refractivity contribution in [3.05, 3.63) is 83.1 Å². The number of hydrogen-bond acceptors (Lipinski definition) is 5. The van der Waals surface area contributed by atoms with E-state index in [1.807, 2.05) is 30.3 Å². The van der Waals surface area contributed by atoms with Crippen LogP contribution in [0.1, 0.15) is 36.7 Å². The summed E-state index contributed by atoms with van der Waals surface area (Å²) in [6.45, 7) is 12.9. The summed E-state index contributed by atoms with van der Waals surface area (Å²) in [5, 5.41) is 0. The molecule has 6 nitrogen and oxygen atoms in total. The molecule has 0 aliphatic carbocycles. The Balaban J connectivity index is 2.21. The van der Waals surface area contributed by atoms with E-state index in [1.54, 1.807) is 26.8 Å². The number of hydrogen-bond donors (Lipinski definition) is 0. The predicted octanol–water partition coefficient (Wildman–Crippen LogP) is 5.98. The summed E-state index contributed by atoms with van der Waals surface area (Å²) >= 11 is 0. The zero-order chi connectivity index (χ0) is 23.3. The molecule has 2 aromatic carbocycles. The van der Waals surface area contributed by atoms with Crippen LogP contribution < -0.4 is 9.47 Å². The average molecular weight is 434 g/mol. The number of ether oxygens (including phenoxy) is 3. The molecule has 0 bridgehead atoms. The van der Waals surface area contributed by atoms with Crippen LogP contribution in [-0.2, 0) is 11.3 Å². The highest BCUT2D eigenvalue weighted by Gasteiger charge is 2.30. The number of esters is 1. The van der Waals surface area contributed by atoms with Crippen molar-refractivity contribution in [2.45, 2.75) is 33.0 Å². The molecule has 32 heavy (non-hydrogen) atoms. The van der Waals surface area contributed by atoms with Gasteiger partial charge in [0.05, 0.1) is 7.11 Å². The van der Waals surface area contributed by atoms with Crippen LogP contribution in [0.3, 0.4) is 0 Å². The molecule has 164 valence electrons. The van der Waals surface area contributed by atoms with Crippen molar-refractivity contribution in [1.29, 1.82) is 0 Å². The Kier molecular flexibility index (Phi) is 6.74. The minimum atomic E-state index is -0.820. The van der Waals surface area contributed by atoms with E-state index in [0.29, 0.717) is 0 Å². The van der Waals surface area contributed by atoms with E-state index in [4.69, 9.17) is 20.8 Å². The summed E-state index contributed by atoms with van der Waals surface area (Å²) in [6.07, 6.45) is 1.29. The molecular formula is C25H23FN2O4. The van der Waals surface area contributed by atoms with Gasteiger partial charge in [0.1, 0.15) is 17.8 Å². The quantitative estimate of drug-likeness (QED) is 0.353. The van der Waals surface area contributed by atoms with Gasteiger partial charge >= 0.3 is 5.97 Å². The standard InChI is InChI=1S/C25H23FN2O4/c1-25(2,3)32-24(29)21-19(31-15-16-10-7-6-8-11-16)14-28-23(27-4)20(21)17-12-9-13-18(30-5)22(17)26/h6-14H,15H2,1-3,5H3. The fourth-order valence-corrected chi connectivity index (χ4v) is 3.06. The zero-order valence-corrected chi connectivity index (χ0v) is 18.3. The average Bonchev–Trinajstić information content (AvgIpc) is 2.76. The lowest BCUT2D eigenvalue weighted by atomic mass is 9.98. The van der Waals surface area contributed by atoms with Crippen LogP contribution in [0.25, 0.3) is 16.0 Å². The van der Waals surface area contributed by atoms with Gasteiger partial charge in [0.25, 0.3) is 5.82 Å². The zero-order valence-electron chi connectivity index (χ0n) is 18.3. The van der Waals surface area contributed by atoms with E-state index in [-0.39, 0.29) is 40.6 Å². The van der Waals surface area contributed by atoms with Crippen molar-refractivity contribution in [3.8, 4) is 22.6 Å². The molecule has 1 aromatic heterocycles. The van der Waals surface area contributed by atoms with Gasteiger partial charge in [-0.1, -0.05) is 49.0 Å². The highest BCUT2D eigenvalue weighted by atomic mass is 19.1. The lowest BCUT2D eigenvalue weighted by Crippen LogP contribution is -2.25. The van der Waals surface area contributed by atoms with E-state index in [2.05, 4.69) is 9.83 Å². The molecule has 0 saturated carbocycles. The SMILES string of the molecule is [C-]#[N+]c1ncc(OCc2ccccc2)c(C(=O)OC(C)(C)C)c1-c1cccc(OC)c1F. The van der Waals surface area contributed by atoms with Crippen LogP contribution in [0, 0.1) is 12.4 Å². The van der Waals surface area contributed by atoms with E-state index < -0.39 is 17.4 Å². The summed E-state index contributed by atoms with van der Waals surface area (Å²) in [5.74, 6) is -1.54. The summed E-state index contributed by atoms with van der Waals surface area (Å²) in [4.78, 5) is 20.8. The molecule has 0 unspecified atom stereocenters. The van der Waals surface area contributed by atoms with Crippen LogP contribution in [0.2, 0.25) is 0 Å². The monoisotopic (exact) mass is 434 g/mol. The predicted molar refractivity (Wildman–Crippen MR) is 118 cm³/mol. The molecule has 0 aliphatic rings. The first-order valence-electron chi connectivity index (χ1n) is 9.88. The van der Waals surface area contributed by atoms with E-state index >= 15 is 4.39 Å². The first-order valence-corrected chi connectivity index (χ1v) is 9.88. The molecule has 3 rings (SSSR count). The van der Waals surface area contributed by atoms with Gasteiger partial charge in [-0.2, -0.15) is 0 Å². The largest absolute Gasteiger partial charge is 0.494 e. The number of pyridine rings is 1. The van der Waals surface area contributed by atoms with Crippen LogP contribution in [0.4, 0.5) is 10.2 Å². The molecule has 0 atom stereocenters. The summed E-state index contributed by atoms with van der Waals surface area (Å²) in [6, 6.07) is 13.8. The van der Waals surface area contributed by atoms with Gasteiger partial charge in [0.2, 0.25) is 0 Å². The highest BCUT2D eigenvalue weighted by molar-refractivity contribution is 6.03. The van der Waals surface area contributed by atoms with Crippen molar-refractivity contribution in [3.63, 3.8) is 0 Å². The number of rotatable bonds is 6. The molecule has 1 heterocycles. The van der Waals surface area contributed by atoms with Gasteiger partial charge in [-0.3, -0.25) is 0 Å². The minimum Gasteiger partial charge on any atom is -0.494 e. The molecule has 0 fully saturated rings. The molecule has 0 amide bonds. The maximum atomic E-state index is 15.2. The number of benzene rings is 2. The lowest BCUT2D eigenvalue weighted by Gasteiger charge is -2.22. The summed E-state index contributed by atoms with van der Waals surface area (Å²) in [5.41, 5.74) is -0.0282. The Bertz CT molecular complexity index is 1170. The third kappa shape index (κ3) is 5.03. The van der Waals surface area contributed by atoms with Crippen LogP contribution >= 0.6 is 0 Å². The molecule has 0 spiro atoms. The number of nitrogens with zero attached hydrogens (tertiary/aromatic N) is 2. The smallest absolute Gasteiger partial charge is 0.341 e. The van der Waals surface area contributed by atoms with E-state index in [0.717, 1.165) is 5.56 Å². The minimum absolute atomic E-state index is 0.00351. The Hall–Kier alpha value is -3.92. The third-order valence-electron chi connectivity index (χ3n) is 4.42. The Labute approximate surface area is 186 Å². The normalized spacial score (nSPS) is 10.9. The molecule has 7 heteroatoms. The summed E-state index contributed by atoms with van der Waals surface area (Å²) < 4.78 is 31.7. The maximum Gasteiger partial charge on any atom is 0.341 e. The number of methoxy groups -OCH3 is 1. The number of halogens is 1. The second kappa shape index (κ2) is 9.48. The van der Waals surface area contributed by atoms with Crippen LogP contribution in [-0.4, -0.2) is 23.7 Å². The number of aromatic nitrogens is 1. The van der Waals surface area contributed by atoms with Gasteiger partial charge < -0.3 is 19.1 Å². The molecular weight excluding hydrogens is 411 g/mol. The van der Waals surface area contributed by atoms with Gasteiger partial charge in [-0.25, -0.2) is 9.18 Å². The molecule has 0 aliphatic heterocycles. The second-order valence-corrected chi connectivity index (χ2v) is 7.91. The topological polar surface area (TPSA) is 62.0 Å². The third-order valence-corrected chi connectivity index (χ3v) is 4.42. The van der Waals surface area contributed by atoms with Crippen molar-refractivity contribution in [2.75, 3.05) is 7.11 Å². The van der Waals surface area contributed by atoms with Crippen LogP contribution in [0.15, 0.2) is 54.7 Å². The molecule has 3 aromatic rings. The fraction of sp³-hybridized carbons (Fsp3) is 0.240. The van der Waals surface area contributed by atoms with E-state index in [9.17, 15) is 4.79 Å².